The zero-order valence-corrected chi connectivity index (χ0v) is 13.9. The maximum atomic E-state index is 12.3. The third kappa shape index (κ3) is 2.43. The summed E-state index contributed by atoms with van der Waals surface area (Å²) in [7, 11) is 3.26. The van der Waals surface area contributed by atoms with E-state index in [0.717, 1.165) is 12.0 Å². The molecule has 0 radical (unpaired) electrons. The lowest BCUT2D eigenvalue weighted by atomic mass is 9.76. The number of Topliss-reactive ketones (excluding diaryl/α,β-unsaturated/α-hetero) is 1. The largest absolute Gasteiger partial charge is 0.469 e. The van der Waals surface area contributed by atoms with Crippen LogP contribution in [0.15, 0.2) is 18.2 Å². The summed E-state index contributed by atoms with van der Waals surface area (Å²) in [6.45, 7) is 0. The van der Waals surface area contributed by atoms with Crippen molar-refractivity contribution in [2.45, 2.75) is 30.8 Å². The molecule has 2 aliphatic rings. The Morgan fingerprint density at radius 3 is 2.68 bits per heavy atom. The van der Waals surface area contributed by atoms with Crippen molar-refractivity contribution in [3.05, 3.63) is 33.8 Å². The normalized spacial score (nSPS) is 31.4. The number of likely N-dealkylation sites (N-methyl/N-ethyl adjacent to an activating group) is 1. The number of ether oxygens (including phenoxy) is 1. The number of fused-ring (bicyclic) bond motifs is 2. The summed E-state index contributed by atoms with van der Waals surface area (Å²) in [5.74, 6) is -0.814. The predicted octanol–water partition coefficient (Wildman–Crippen LogP) is 2.91. The first-order chi connectivity index (χ1) is 10.4. The molecule has 4 nitrogen and oxygen atoms in total. The van der Waals surface area contributed by atoms with Crippen molar-refractivity contribution in [3.8, 4) is 0 Å². The average molecular weight is 342 g/mol. The topological polar surface area (TPSA) is 46.6 Å². The Labute approximate surface area is 139 Å². The Hall–Kier alpha value is -1.10. The molecule has 0 N–H and O–H groups in total. The second kappa shape index (κ2) is 5.84. The standard InChI is InChI=1S/C16H17Cl2NO3/c1-19-9-6-10(8-3-4-11(17)12(18)5-8)14(16(21)22-2)15(19)13(20)7-9/h3-5,9-10,14-15H,6-7H2,1-2H3/t9-,10-,14-,15+/m0/s1. The van der Waals surface area contributed by atoms with Gasteiger partial charge >= 0.3 is 5.97 Å². The average Bonchev–Trinajstić information content (AvgIpc) is 2.68. The number of ketones is 1. The van der Waals surface area contributed by atoms with Crippen molar-refractivity contribution in [2.24, 2.45) is 5.92 Å². The van der Waals surface area contributed by atoms with Crippen LogP contribution in [0.25, 0.3) is 0 Å². The quantitative estimate of drug-likeness (QED) is 0.776. The van der Waals surface area contributed by atoms with E-state index in [1.165, 1.54) is 7.11 Å². The van der Waals surface area contributed by atoms with Gasteiger partial charge in [-0.05, 0) is 31.2 Å². The molecule has 2 aliphatic heterocycles. The number of hydrogen-bond donors (Lipinski definition) is 0. The van der Waals surface area contributed by atoms with Gasteiger partial charge in [0.25, 0.3) is 0 Å². The second-order valence-electron chi connectivity index (χ2n) is 6.00. The molecule has 0 aliphatic carbocycles. The number of piperidine rings is 1. The maximum Gasteiger partial charge on any atom is 0.311 e. The number of rotatable bonds is 2. The number of carbonyl (C=O) groups excluding carboxylic acids is 2. The van der Waals surface area contributed by atoms with Gasteiger partial charge in [0.1, 0.15) is 0 Å². The molecule has 1 aromatic carbocycles. The van der Waals surface area contributed by atoms with Gasteiger partial charge in [0, 0.05) is 18.4 Å². The van der Waals surface area contributed by atoms with Crippen LogP contribution < -0.4 is 0 Å². The zero-order chi connectivity index (χ0) is 16.0. The van der Waals surface area contributed by atoms with E-state index >= 15 is 0 Å². The van der Waals surface area contributed by atoms with Crippen molar-refractivity contribution in [3.63, 3.8) is 0 Å². The van der Waals surface area contributed by atoms with Crippen LogP contribution in [-0.2, 0) is 14.3 Å². The fourth-order valence-electron chi connectivity index (χ4n) is 3.83. The molecule has 0 saturated carbocycles. The van der Waals surface area contributed by atoms with E-state index in [2.05, 4.69) is 0 Å². The fourth-order valence-corrected chi connectivity index (χ4v) is 4.14. The van der Waals surface area contributed by atoms with Gasteiger partial charge in [-0.15, -0.1) is 0 Å². The van der Waals surface area contributed by atoms with E-state index < -0.39 is 12.0 Å². The summed E-state index contributed by atoms with van der Waals surface area (Å²) in [5.41, 5.74) is 0.933. The van der Waals surface area contributed by atoms with E-state index in [1.54, 1.807) is 12.1 Å². The van der Waals surface area contributed by atoms with Gasteiger partial charge in [-0.2, -0.15) is 0 Å². The van der Waals surface area contributed by atoms with Crippen LogP contribution in [-0.4, -0.2) is 42.9 Å². The molecule has 2 saturated heterocycles. The molecule has 4 atom stereocenters. The summed E-state index contributed by atoms with van der Waals surface area (Å²) in [4.78, 5) is 26.6. The number of esters is 1. The smallest absolute Gasteiger partial charge is 0.311 e. The van der Waals surface area contributed by atoms with Gasteiger partial charge < -0.3 is 4.74 Å². The van der Waals surface area contributed by atoms with E-state index in [1.807, 2.05) is 18.0 Å². The van der Waals surface area contributed by atoms with Gasteiger partial charge in [0.05, 0.1) is 29.1 Å². The first-order valence-corrected chi connectivity index (χ1v) is 7.97. The zero-order valence-electron chi connectivity index (χ0n) is 12.4. The second-order valence-corrected chi connectivity index (χ2v) is 6.81. The minimum Gasteiger partial charge on any atom is -0.469 e. The number of hydrogen-bond acceptors (Lipinski definition) is 4. The fraction of sp³-hybridized carbons (Fsp3) is 0.500. The molecule has 118 valence electrons. The molecule has 22 heavy (non-hydrogen) atoms. The van der Waals surface area contributed by atoms with Gasteiger partial charge in [-0.25, -0.2) is 0 Å². The van der Waals surface area contributed by atoms with Crippen molar-refractivity contribution in [1.82, 2.24) is 4.90 Å². The highest BCUT2D eigenvalue weighted by atomic mass is 35.5. The summed E-state index contributed by atoms with van der Waals surface area (Å²) in [5, 5.41) is 0.937. The molecule has 3 rings (SSSR count). The molecule has 2 heterocycles. The molecule has 0 aromatic heterocycles. The van der Waals surface area contributed by atoms with Crippen LogP contribution >= 0.6 is 23.2 Å². The molecule has 0 amide bonds. The molecule has 0 unspecified atom stereocenters. The highest BCUT2D eigenvalue weighted by Crippen LogP contribution is 2.46. The molecule has 6 heteroatoms. The highest BCUT2D eigenvalue weighted by molar-refractivity contribution is 6.42. The lowest BCUT2D eigenvalue weighted by molar-refractivity contribution is -0.152. The van der Waals surface area contributed by atoms with E-state index in [0.29, 0.717) is 16.5 Å². The molecular weight excluding hydrogens is 325 g/mol. The summed E-state index contributed by atoms with van der Waals surface area (Å²) >= 11 is 12.1. The van der Waals surface area contributed by atoms with Crippen molar-refractivity contribution < 1.29 is 14.3 Å². The lowest BCUT2D eigenvalue weighted by Gasteiger charge is -2.40. The van der Waals surface area contributed by atoms with Crippen molar-refractivity contribution in [2.75, 3.05) is 14.2 Å². The molecule has 1 aromatic rings. The van der Waals surface area contributed by atoms with Gasteiger partial charge in [-0.3, -0.25) is 14.5 Å². The number of methoxy groups -OCH3 is 1. The maximum absolute atomic E-state index is 12.3. The first-order valence-electron chi connectivity index (χ1n) is 7.21. The Morgan fingerprint density at radius 2 is 2.05 bits per heavy atom. The van der Waals surface area contributed by atoms with E-state index in [9.17, 15) is 9.59 Å². The first kappa shape index (κ1) is 15.8. The van der Waals surface area contributed by atoms with Crippen LogP contribution in [0.4, 0.5) is 0 Å². The van der Waals surface area contributed by atoms with Crippen molar-refractivity contribution >= 4 is 35.0 Å². The monoisotopic (exact) mass is 341 g/mol. The third-order valence-corrected chi connectivity index (χ3v) is 5.67. The third-order valence-electron chi connectivity index (χ3n) is 4.93. The van der Waals surface area contributed by atoms with Crippen LogP contribution in [0.1, 0.15) is 24.3 Å². The minimum absolute atomic E-state index is 0.0835. The predicted molar refractivity (Wildman–Crippen MR) is 84.3 cm³/mol. The van der Waals surface area contributed by atoms with Gasteiger partial charge in [-0.1, -0.05) is 29.3 Å². The van der Waals surface area contributed by atoms with E-state index in [-0.39, 0.29) is 23.7 Å². The van der Waals surface area contributed by atoms with Crippen LogP contribution in [0, 0.1) is 5.92 Å². The number of carbonyl (C=O) groups is 2. The Balaban J connectivity index is 2.03. The van der Waals surface area contributed by atoms with Crippen molar-refractivity contribution in [1.29, 1.82) is 0 Å². The molecule has 2 fully saturated rings. The Kier molecular flexibility index (Phi) is 4.19. The highest BCUT2D eigenvalue weighted by Gasteiger charge is 2.53. The minimum atomic E-state index is -0.501. The van der Waals surface area contributed by atoms with Crippen LogP contribution in [0.5, 0.6) is 0 Å². The van der Waals surface area contributed by atoms with Gasteiger partial charge in [0.15, 0.2) is 5.78 Å². The summed E-state index contributed by atoms with van der Waals surface area (Å²) < 4.78 is 4.97. The number of benzene rings is 1. The van der Waals surface area contributed by atoms with Gasteiger partial charge in [0.2, 0.25) is 0 Å². The lowest BCUT2D eigenvalue weighted by Crippen LogP contribution is -2.50. The molecule has 0 spiro atoms. The molecule has 2 bridgehead atoms. The summed E-state index contributed by atoms with van der Waals surface area (Å²) in [6, 6.07) is 5.16. The van der Waals surface area contributed by atoms with Crippen LogP contribution in [0.3, 0.4) is 0 Å². The summed E-state index contributed by atoms with van der Waals surface area (Å²) in [6.07, 6.45) is 1.23. The number of halogens is 2. The SMILES string of the molecule is COC(=O)[C@@H]1[C@H]2C(=O)C[C@H](C[C@H]1c1ccc(Cl)c(Cl)c1)N2C. The van der Waals surface area contributed by atoms with E-state index in [4.69, 9.17) is 27.9 Å². The number of nitrogens with zero attached hydrogens (tertiary/aromatic N) is 1. The molecular formula is C16H17Cl2NO3. The van der Waals surface area contributed by atoms with Crippen LogP contribution in [0.2, 0.25) is 10.0 Å². The Bertz CT molecular complexity index is 634. The Morgan fingerprint density at radius 1 is 1.32 bits per heavy atom.